The summed E-state index contributed by atoms with van der Waals surface area (Å²) in [4.78, 5) is 35.9. The molecule has 1 aliphatic carbocycles. The van der Waals surface area contributed by atoms with Gasteiger partial charge in [-0.3, -0.25) is 9.59 Å². The van der Waals surface area contributed by atoms with Gasteiger partial charge in [0.2, 0.25) is 0 Å². The van der Waals surface area contributed by atoms with Gasteiger partial charge in [0.25, 0.3) is 0 Å². The maximum absolute atomic E-state index is 12.8. The van der Waals surface area contributed by atoms with Crippen molar-refractivity contribution in [2.45, 2.75) is 51.6 Å². The number of allylic oxidation sites excluding steroid dienone is 2. The van der Waals surface area contributed by atoms with Gasteiger partial charge in [0.05, 0.1) is 24.5 Å². The highest BCUT2D eigenvalue weighted by Crippen LogP contribution is 2.44. The number of carbonyl (C=O) groups is 3. The Balaban J connectivity index is 1.90. The third-order valence-corrected chi connectivity index (χ3v) is 5.04. The van der Waals surface area contributed by atoms with E-state index in [0.717, 1.165) is 6.42 Å². The predicted molar refractivity (Wildman–Crippen MR) is 96.9 cm³/mol. The van der Waals surface area contributed by atoms with Crippen molar-refractivity contribution in [1.82, 2.24) is 0 Å². The van der Waals surface area contributed by atoms with Crippen molar-refractivity contribution in [3.05, 3.63) is 24.3 Å². The van der Waals surface area contributed by atoms with E-state index < -0.39 is 29.2 Å². The van der Waals surface area contributed by atoms with Gasteiger partial charge in [-0.1, -0.05) is 31.6 Å². The third kappa shape index (κ3) is 5.92. The van der Waals surface area contributed by atoms with Gasteiger partial charge < -0.3 is 19.3 Å². The average Bonchev–Trinajstić information content (AvgIpc) is 3.46. The Morgan fingerprint density at radius 2 is 1.96 bits per heavy atom. The van der Waals surface area contributed by atoms with Crippen molar-refractivity contribution in [1.29, 1.82) is 0 Å². The first-order valence-electron chi connectivity index (χ1n) is 9.36. The molecule has 1 saturated heterocycles. The highest BCUT2D eigenvalue weighted by Gasteiger charge is 2.50. The first-order valence-corrected chi connectivity index (χ1v) is 9.36. The number of esters is 2. The molecule has 2 aliphatic rings. The summed E-state index contributed by atoms with van der Waals surface area (Å²) >= 11 is 0. The summed E-state index contributed by atoms with van der Waals surface area (Å²) in [5, 5.41) is 9.63. The third-order valence-electron chi connectivity index (χ3n) is 5.04. The van der Waals surface area contributed by atoms with Crippen LogP contribution in [0.4, 0.5) is 0 Å². The lowest BCUT2D eigenvalue weighted by Gasteiger charge is -2.37. The van der Waals surface area contributed by atoms with E-state index in [2.05, 4.69) is 6.58 Å². The van der Waals surface area contributed by atoms with E-state index in [1.165, 1.54) is 0 Å². The second-order valence-corrected chi connectivity index (χ2v) is 7.24. The zero-order valence-electron chi connectivity index (χ0n) is 15.8. The number of ether oxygens (including phenoxy) is 3. The van der Waals surface area contributed by atoms with Crippen LogP contribution in [0.3, 0.4) is 0 Å². The van der Waals surface area contributed by atoms with Crippen molar-refractivity contribution >= 4 is 17.9 Å². The fourth-order valence-electron chi connectivity index (χ4n) is 3.32. The van der Waals surface area contributed by atoms with Crippen molar-refractivity contribution in [3.8, 4) is 0 Å². The van der Waals surface area contributed by atoms with E-state index in [0.29, 0.717) is 44.3 Å². The van der Waals surface area contributed by atoms with Crippen LogP contribution in [0.1, 0.15) is 45.4 Å². The number of rotatable bonds is 11. The highest BCUT2D eigenvalue weighted by atomic mass is 16.6. The second kappa shape index (κ2) is 9.69. The molecule has 27 heavy (non-hydrogen) atoms. The molecule has 0 amide bonds. The SMILES string of the molecule is C=C(C)C(=O)OCCCCCC1(C(=O)OCC2CO2)CC=CCC1C(=O)O. The van der Waals surface area contributed by atoms with Crippen LogP contribution in [0.2, 0.25) is 0 Å². The quantitative estimate of drug-likeness (QED) is 0.193. The number of unbranched alkanes of at least 4 members (excludes halogenated alkanes) is 2. The first kappa shape index (κ1) is 21.2. The van der Waals surface area contributed by atoms with Gasteiger partial charge in [0, 0.05) is 5.57 Å². The molecule has 2 rings (SSSR count). The lowest BCUT2D eigenvalue weighted by Crippen LogP contribution is -2.45. The van der Waals surface area contributed by atoms with Gasteiger partial charge in [-0.25, -0.2) is 4.79 Å². The summed E-state index contributed by atoms with van der Waals surface area (Å²) in [5.41, 5.74) is -0.696. The lowest BCUT2D eigenvalue weighted by molar-refractivity contribution is -0.169. The molecule has 3 unspecified atom stereocenters. The largest absolute Gasteiger partial charge is 0.481 e. The minimum atomic E-state index is -1.05. The smallest absolute Gasteiger partial charge is 0.333 e. The number of hydrogen-bond acceptors (Lipinski definition) is 6. The van der Waals surface area contributed by atoms with Crippen LogP contribution in [-0.4, -0.2) is 48.9 Å². The molecule has 0 spiro atoms. The Labute approximate surface area is 159 Å². The topological polar surface area (TPSA) is 102 Å². The number of carbonyl (C=O) groups excluding carboxylic acids is 2. The summed E-state index contributed by atoms with van der Waals surface area (Å²) in [6.45, 7) is 6.14. The Morgan fingerprint density at radius 1 is 1.22 bits per heavy atom. The van der Waals surface area contributed by atoms with Gasteiger partial charge in [0.15, 0.2) is 0 Å². The molecule has 0 aromatic heterocycles. The van der Waals surface area contributed by atoms with Crippen molar-refractivity contribution in [3.63, 3.8) is 0 Å². The summed E-state index contributed by atoms with van der Waals surface area (Å²) in [6.07, 6.45) is 6.74. The number of carboxylic acids is 1. The van der Waals surface area contributed by atoms with E-state index >= 15 is 0 Å². The van der Waals surface area contributed by atoms with Crippen LogP contribution < -0.4 is 0 Å². The zero-order chi connectivity index (χ0) is 19.9. The standard InChI is InChI=1S/C20H28O7/c1-14(2)18(23)25-11-7-3-5-9-20(19(24)27-13-15-12-26-15)10-6-4-8-16(20)17(21)22/h4,6,15-16H,1,3,5,7-13H2,2H3,(H,21,22). The van der Waals surface area contributed by atoms with E-state index in [4.69, 9.17) is 14.2 Å². The molecule has 7 heteroatoms. The Kier molecular flexibility index (Phi) is 7.59. The van der Waals surface area contributed by atoms with Crippen LogP contribution in [0.25, 0.3) is 0 Å². The molecule has 7 nitrogen and oxygen atoms in total. The van der Waals surface area contributed by atoms with Gasteiger partial charge >= 0.3 is 17.9 Å². The maximum atomic E-state index is 12.8. The fourth-order valence-corrected chi connectivity index (χ4v) is 3.32. The number of carboxylic acid groups (broad SMARTS) is 1. The van der Waals surface area contributed by atoms with E-state index in [1.54, 1.807) is 6.92 Å². The van der Waals surface area contributed by atoms with Crippen molar-refractivity contribution in [2.75, 3.05) is 19.8 Å². The van der Waals surface area contributed by atoms with Gasteiger partial charge in [-0.15, -0.1) is 0 Å². The molecule has 1 heterocycles. The molecule has 0 aromatic carbocycles. The summed E-state index contributed by atoms with van der Waals surface area (Å²) < 4.78 is 15.5. The Morgan fingerprint density at radius 3 is 2.59 bits per heavy atom. The predicted octanol–water partition coefficient (Wildman–Crippen LogP) is 2.65. The molecule has 0 radical (unpaired) electrons. The van der Waals surface area contributed by atoms with Crippen LogP contribution in [-0.2, 0) is 28.6 Å². The molecule has 1 fully saturated rings. The highest BCUT2D eigenvalue weighted by molar-refractivity contribution is 5.87. The minimum Gasteiger partial charge on any atom is -0.481 e. The van der Waals surface area contributed by atoms with Crippen LogP contribution in [0, 0.1) is 11.3 Å². The van der Waals surface area contributed by atoms with Crippen LogP contribution >= 0.6 is 0 Å². The van der Waals surface area contributed by atoms with E-state index in [9.17, 15) is 19.5 Å². The molecule has 0 bridgehead atoms. The van der Waals surface area contributed by atoms with Crippen LogP contribution in [0.15, 0.2) is 24.3 Å². The number of aliphatic carboxylic acids is 1. The second-order valence-electron chi connectivity index (χ2n) is 7.24. The molecule has 0 aromatic rings. The molecule has 1 aliphatic heterocycles. The lowest BCUT2D eigenvalue weighted by atomic mass is 9.65. The number of hydrogen-bond donors (Lipinski definition) is 1. The first-order chi connectivity index (χ1) is 12.9. The summed E-state index contributed by atoms with van der Waals surface area (Å²) in [7, 11) is 0. The fraction of sp³-hybridized carbons (Fsp3) is 0.650. The summed E-state index contributed by atoms with van der Waals surface area (Å²) in [5.74, 6) is -2.64. The average molecular weight is 380 g/mol. The van der Waals surface area contributed by atoms with E-state index in [1.807, 2.05) is 12.2 Å². The summed E-state index contributed by atoms with van der Waals surface area (Å²) in [6, 6.07) is 0. The van der Waals surface area contributed by atoms with Crippen LogP contribution in [0.5, 0.6) is 0 Å². The monoisotopic (exact) mass is 380 g/mol. The number of epoxide rings is 1. The molecular formula is C20H28O7. The molecule has 150 valence electrons. The van der Waals surface area contributed by atoms with Crippen molar-refractivity contribution < 1.29 is 33.7 Å². The van der Waals surface area contributed by atoms with Crippen molar-refractivity contribution in [2.24, 2.45) is 11.3 Å². The zero-order valence-corrected chi connectivity index (χ0v) is 15.8. The molecular weight excluding hydrogens is 352 g/mol. The Bertz CT molecular complexity index is 605. The molecule has 3 atom stereocenters. The van der Waals surface area contributed by atoms with E-state index in [-0.39, 0.29) is 19.3 Å². The molecule has 1 N–H and O–H groups in total. The Hall–Kier alpha value is -2.15. The van der Waals surface area contributed by atoms with Gasteiger partial charge in [0.1, 0.15) is 12.7 Å². The van der Waals surface area contributed by atoms with Gasteiger partial charge in [-0.05, 0) is 32.6 Å². The van der Waals surface area contributed by atoms with Gasteiger partial charge in [-0.2, -0.15) is 0 Å². The molecule has 0 saturated carbocycles. The maximum Gasteiger partial charge on any atom is 0.333 e. The normalized spacial score (nSPS) is 26.3. The minimum absolute atomic E-state index is 0.0589.